The fraction of sp³-hybridized carbons (Fsp3) is 0.933. The van der Waals surface area contributed by atoms with Crippen LogP contribution in [0.15, 0.2) is 0 Å². The number of ether oxygens (including phenoxy) is 2. The van der Waals surface area contributed by atoms with Gasteiger partial charge in [-0.3, -0.25) is 4.79 Å². The van der Waals surface area contributed by atoms with Crippen molar-refractivity contribution in [2.45, 2.75) is 69.9 Å². The highest BCUT2D eigenvalue weighted by Gasteiger charge is 2.34. The molecule has 1 aliphatic heterocycles. The van der Waals surface area contributed by atoms with Crippen molar-refractivity contribution in [2.24, 2.45) is 5.92 Å². The lowest BCUT2D eigenvalue weighted by molar-refractivity contribution is -0.193. The van der Waals surface area contributed by atoms with E-state index >= 15 is 0 Å². The van der Waals surface area contributed by atoms with E-state index in [1.807, 2.05) is 6.92 Å². The van der Waals surface area contributed by atoms with Crippen LogP contribution in [0.1, 0.15) is 45.4 Å². The Morgan fingerprint density at radius 1 is 1.23 bits per heavy atom. The molecule has 22 heavy (non-hydrogen) atoms. The zero-order valence-electron chi connectivity index (χ0n) is 12.8. The minimum atomic E-state index is -4.31. The van der Waals surface area contributed by atoms with Crippen LogP contribution in [-0.2, 0) is 14.3 Å². The van der Waals surface area contributed by atoms with Crippen LogP contribution >= 0.6 is 0 Å². The summed E-state index contributed by atoms with van der Waals surface area (Å²) in [5.41, 5.74) is 0. The van der Waals surface area contributed by atoms with Crippen LogP contribution in [-0.4, -0.2) is 43.5 Å². The van der Waals surface area contributed by atoms with Gasteiger partial charge in [0.25, 0.3) is 0 Å². The third-order valence-electron chi connectivity index (χ3n) is 4.36. The highest BCUT2D eigenvalue weighted by atomic mass is 19.4. The first-order chi connectivity index (χ1) is 10.3. The van der Waals surface area contributed by atoms with Gasteiger partial charge < -0.3 is 14.8 Å². The first kappa shape index (κ1) is 17.5. The van der Waals surface area contributed by atoms with Gasteiger partial charge in [-0.05, 0) is 32.6 Å². The summed E-state index contributed by atoms with van der Waals surface area (Å²) in [6.07, 6.45) is -0.276. The van der Waals surface area contributed by atoms with Gasteiger partial charge in [-0.15, -0.1) is 0 Å². The minimum Gasteiger partial charge on any atom is -0.368 e. The normalized spacial score (nSPS) is 32.9. The van der Waals surface area contributed by atoms with Gasteiger partial charge in [-0.2, -0.15) is 13.2 Å². The van der Waals surface area contributed by atoms with E-state index in [2.05, 4.69) is 5.32 Å². The molecule has 4 atom stereocenters. The zero-order chi connectivity index (χ0) is 16.2. The molecule has 1 saturated carbocycles. The third-order valence-corrected chi connectivity index (χ3v) is 4.36. The molecule has 1 N–H and O–H groups in total. The molecule has 2 aliphatic rings. The van der Waals surface area contributed by atoms with Crippen molar-refractivity contribution in [3.63, 3.8) is 0 Å². The molecule has 1 amide bonds. The molecule has 0 aromatic heterocycles. The Balaban J connectivity index is 1.77. The molecular weight excluding hydrogens is 299 g/mol. The van der Waals surface area contributed by atoms with Gasteiger partial charge in [0.15, 0.2) is 0 Å². The molecule has 7 heteroatoms. The van der Waals surface area contributed by atoms with Crippen molar-refractivity contribution < 1.29 is 27.4 Å². The molecule has 2 fully saturated rings. The minimum absolute atomic E-state index is 0.0566. The average molecular weight is 323 g/mol. The fourth-order valence-corrected chi connectivity index (χ4v) is 3.17. The standard InChI is InChI=1S/C15H24F3NO3/c1-10-6-7-13(22-10)14(20)19-8-11-4-2-3-5-12(11)21-9-15(16,17)18/h10-13H,2-9H2,1H3,(H,19,20)/t10-,11-,12-,13-/m1/s1. The quantitative estimate of drug-likeness (QED) is 0.846. The molecule has 4 nitrogen and oxygen atoms in total. The van der Waals surface area contributed by atoms with Gasteiger partial charge in [-0.25, -0.2) is 0 Å². The molecule has 0 spiro atoms. The maximum Gasteiger partial charge on any atom is 0.411 e. The predicted molar refractivity (Wildman–Crippen MR) is 74.3 cm³/mol. The van der Waals surface area contributed by atoms with Gasteiger partial charge in [-0.1, -0.05) is 12.8 Å². The fourth-order valence-electron chi connectivity index (χ4n) is 3.17. The summed E-state index contributed by atoms with van der Waals surface area (Å²) in [4.78, 5) is 12.0. The topological polar surface area (TPSA) is 47.6 Å². The van der Waals surface area contributed by atoms with E-state index in [-0.39, 0.29) is 17.9 Å². The Hall–Kier alpha value is -0.820. The molecule has 1 heterocycles. The van der Waals surface area contributed by atoms with Crippen molar-refractivity contribution in [3.05, 3.63) is 0 Å². The van der Waals surface area contributed by atoms with Crippen molar-refractivity contribution in [2.75, 3.05) is 13.2 Å². The van der Waals surface area contributed by atoms with Crippen LogP contribution < -0.4 is 5.32 Å². The van der Waals surface area contributed by atoms with Gasteiger partial charge >= 0.3 is 6.18 Å². The number of halogens is 3. The summed E-state index contributed by atoms with van der Waals surface area (Å²) in [5, 5.41) is 2.82. The Kier molecular flexibility index (Phi) is 6.09. The highest BCUT2D eigenvalue weighted by Crippen LogP contribution is 2.28. The summed E-state index contributed by atoms with van der Waals surface area (Å²) in [5.74, 6) is -0.219. The molecule has 1 saturated heterocycles. The van der Waals surface area contributed by atoms with E-state index in [1.165, 1.54) is 0 Å². The number of hydrogen-bond acceptors (Lipinski definition) is 3. The second-order valence-corrected chi connectivity index (χ2v) is 6.27. The smallest absolute Gasteiger partial charge is 0.368 e. The van der Waals surface area contributed by atoms with Crippen molar-refractivity contribution in [1.82, 2.24) is 5.32 Å². The summed E-state index contributed by atoms with van der Waals surface area (Å²) >= 11 is 0. The first-order valence-electron chi connectivity index (χ1n) is 7.96. The van der Waals surface area contributed by atoms with Crippen LogP contribution in [0.4, 0.5) is 13.2 Å². The zero-order valence-corrected chi connectivity index (χ0v) is 12.8. The van der Waals surface area contributed by atoms with E-state index in [1.54, 1.807) is 0 Å². The van der Waals surface area contributed by atoms with Crippen molar-refractivity contribution in [1.29, 1.82) is 0 Å². The third kappa shape index (κ3) is 5.43. The van der Waals surface area contributed by atoms with Crippen LogP contribution in [0.5, 0.6) is 0 Å². The maximum absolute atomic E-state index is 12.3. The van der Waals surface area contributed by atoms with Crippen molar-refractivity contribution >= 4 is 5.91 Å². The number of hydrogen-bond donors (Lipinski definition) is 1. The lowest BCUT2D eigenvalue weighted by Gasteiger charge is -2.32. The van der Waals surface area contributed by atoms with E-state index < -0.39 is 25.0 Å². The predicted octanol–water partition coefficient (Wildman–Crippen LogP) is 2.81. The van der Waals surface area contributed by atoms with Crippen molar-refractivity contribution in [3.8, 4) is 0 Å². The molecule has 0 radical (unpaired) electrons. The Labute approximate surface area is 128 Å². The van der Waals surface area contributed by atoms with Crippen LogP contribution in [0.25, 0.3) is 0 Å². The SMILES string of the molecule is C[C@@H]1CC[C@H](C(=O)NC[C@H]2CCCC[C@H]2OCC(F)(F)F)O1. The lowest BCUT2D eigenvalue weighted by atomic mass is 9.86. The number of nitrogens with one attached hydrogen (secondary N) is 1. The van der Waals surface area contributed by atoms with Gasteiger partial charge in [0, 0.05) is 12.5 Å². The molecule has 2 rings (SSSR count). The highest BCUT2D eigenvalue weighted by molar-refractivity contribution is 5.81. The number of alkyl halides is 3. The number of carbonyl (C=O) groups excluding carboxylic acids is 1. The maximum atomic E-state index is 12.3. The summed E-state index contributed by atoms with van der Waals surface area (Å²) in [6.45, 7) is 1.07. The Bertz CT molecular complexity index is 376. The Morgan fingerprint density at radius 2 is 1.95 bits per heavy atom. The summed E-state index contributed by atoms with van der Waals surface area (Å²) < 4.78 is 47.4. The molecule has 0 bridgehead atoms. The Morgan fingerprint density at radius 3 is 2.59 bits per heavy atom. The number of carbonyl (C=O) groups is 1. The van der Waals surface area contributed by atoms with Crippen LogP contribution in [0, 0.1) is 5.92 Å². The first-order valence-corrected chi connectivity index (χ1v) is 7.96. The van der Waals surface area contributed by atoms with E-state index in [0.29, 0.717) is 19.4 Å². The second-order valence-electron chi connectivity index (χ2n) is 6.27. The lowest BCUT2D eigenvalue weighted by Crippen LogP contribution is -2.42. The van der Waals surface area contributed by atoms with E-state index in [4.69, 9.17) is 9.47 Å². The summed E-state index contributed by atoms with van der Waals surface area (Å²) in [7, 11) is 0. The van der Waals surface area contributed by atoms with Gasteiger partial charge in [0.1, 0.15) is 12.7 Å². The molecule has 1 aliphatic carbocycles. The molecule has 0 unspecified atom stereocenters. The number of amides is 1. The second kappa shape index (κ2) is 7.64. The van der Waals surface area contributed by atoms with E-state index in [0.717, 1.165) is 25.7 Å². The molecule has 0 aromatic rings. The monoisotopic (exact) mass is 323 g/mol. The molecular formula is C15H24F3NO3. The van der Waals surface area contributed by atoms with Crippen LogP contribution in [0.2, 0.25) is 0 Å². The molecule has 128 valence electrons. The van der Waals surface area contributed by atoms with Gasteiger partial charge in [0.05, 0.1) is 12.2 Å². The molecule has 0 aromatic carbocycles. The van der Waals surface area contributed by atoms with E-state index in [9.17, 15) is 18.0 Å². The average Bonchev–Trinajstić information content (AvgIpc) is 2.89. The number of rotatable bonds is 5. The largest absolute Gasteiger partial charge is 0.411 e. The van der Waals surface area contributed by atoms with Crippen LogP contribution in [0.3, 0.4) is 0 Å². The van der Waals surface area contributed by atoms with Gasteiger partial charge in [0.2, 0.25) is 5.91 Å². The summed E-state index contributed by atoms with van der Waals surface area (Å²) in [6, 6.07) is 0.